The molecule has 226 valence electrons. The van der Waals surface area contributed by atoms with Gasteiger partial charge in [0.15, 0.2) is 11.5 Å². The van der Waals surface area contributed by atoms with Crippen LogP contribution < -0.4 is 14.8 Å². The van der Waals surface area contributed by atoms with Crippen LogP contribution in [-0.4, -0.2) is 66.2 Å². The molecule has 2 fully saturated rings. The average Bonchev–Trinajstić information content (AvgIpc) is 3.56. The van der Waals surface area contributed by atoms with Crippen molar-refractivity contribution in [2.45, 2.75) is 77.3 Å². The summed E-state index contributed by atoms with van der Waals surface area (Å²) in [6.07, 6.45) is 1.78. The Morgan fingerprint density at radius 1 is 1.10 bits per heavy atom. The summed E-state index contributed by atoms with van der Waals surface area (Å²) in [5.41, 5.74) is 2.40. The molecule has 1 saturated carbocycles. The number of benzene rings is 2. The van der Waals surface area contributed by atoms with Gasteiger partial charge in [-0.2, -0.15) is 8.78 Å². The Hall–Kier alpha value is -3.89. The van der Waals surface area contributed by atoms with E-state index in [0.29, 0.717) is 31.1 Å². The Morgan fingerprint density at radius 2 is 1.86 bits per heavy atom. The third kappa shape index (κ3) is 6.94. The molecule has 5 rings (SSSR count). The van der Waals surface area contributed by atoms with E-state index in [1.165, 1.54) is 11.0 Å². The van der Waals surface area contributed by atoms with Gasteiger partial charge in [-0.25, -0.2) is 4.79 Å². The quantitative estimate of drug-likeness (QED) is 0.441. The van der Waals surface area contributed by atoms with Crippen molar-refractivity contribution in [3.8, 4) is 11.5 Å². The average molecular weight is 586 g/mol. The molecular weight excluding hydrogens is 548 g/mol. The summed E-state index contributed by atoms with van der Waals surface area (Å²) in [5, 5.41) is 2.94. The van der Waals surface area contributed by atoms with E-state index in [2.05, 4.69) is 10.1 Å². The number of likely N-dealkylation sites (tertiary alicyclic amines) is 1. The van der Waals surface area contributed by atoms with Crippen LogP contribution in [0.5, 0.6) is 11.5 Å². The van der Waals surface area contributed by atoms with Gasteiger partial charge in [0.1, 0.15) is 11.6 Å². The van der Waals surface area contributed by atoms with E-state index in [1.54, 1.807) is 50.9 Å². The molecule has 0 radical (unpaired) electrons. The van der Waals surface area contributed by atoms with Crippen LogP contribution >= 0.6 is 0 Å². The predicted molar refractivity (Wildman–Crippen MR) is 149 cm³/mol. The zero-order valence-corrected chi connectivity index (χ0v) is 24.3. The molecule has 1 N–H and O–H groups in total. The molecule has 3 amide bonds. The topological polar surface area (TPSA) is 97.4 Å². The molecule has 2 heterocycles. The van der Waals surface area contributed by atoms with Gasteiger partial charge in [0.05, 0.1) is 6.61 Å². The van der Waals surface area contributed by atoms with Gasteiger partial charge in [-0.05, 0) is 80.8 Å². The lowest BCUT2D eigenvalue weighted by molar-refractivity contribution is -0.125. The number of halogens is 2. The maximum absolute atomic E-state index is 13.5. The van der Waals surface area contributed by atoms with Crippen molar-refractivity contribution >= 4 is 17.9 Å². The second-order valence-electron chi connectivity index (χ2n) is 12.3. The van der Waals surface area contributed by atoms with Gasteiger partial charge in [-0.1, -0.05) is 18.2 Å². The smallest absolute Gasteiger partial charge is 0.410 e. The minimum absolute atomic E-state index is 0.0273. The molecule has 2 aromatic rings. The highest BCUT2D eigenvalue weighted by molar-refractivity contribution is 5.98. The standard InChI is InChI=1S/C31H37F2N3O6/c1-31(2,3)42-30(39)36-16-21(20-8-10-25(41-29(32)33)26(13-20)40-17-18-5-6-18)12-24(36)27(37)34-14-19-7-9-23-22(11-19)15-35(4)28(23)38/h7-11,13,18,21,24,29H,5-6,12,14-17H2,1-4H3,(H,34,37)/t21?,24-/m1/s1. The van der Waals surface area contributed by atoms with Gasteiger partial charge >= 0.3 is 12.7 Å². The van der Waals surface area contributed by atoms with Crippen LogP contribution in [0.1, 0.15) is 73.0 Å². The molecule has 2 atom stereocenters. The van der Waals surface area contributed by atoms with Gasteiger partial charge in [0.2, 0.25) is 5.91 Å². The second kappa shape index (κ2) is 11.8. The number of hydrogen-bond acceptors (Lipinski definition) is 6. The van der Waals surface area contributed by atoms with Crippen LogP contribution in [0.2, 0.25) is 0 Å². The first-order chi connectivity index (χ1) is 19.9. The highest BCUT2D eigenvalue weighted by Gasteiger charge is 2.42. The van der Waals surface area contributed by atoms with E-state index in [0.717, 1.165) is 29.5 Å². The molecule has 2 aliphatic heterocycles. The van der Waals surface area contributed by atoms with Gasteiger partial charge in [-0.3, -0.25) is 14.5 Å². The van der Waals surface area contributed by atoms with Crippen molar-refractivity contribution < 1.29 is 37.4 Å². The summed E-state index contributed by atoms with van der Waals surface area (Å²) in [5.74, 6) is -0.0495. The lowest BCUT2D eigenvalue weighted by Crippen LogP contribution is -2.47. The second-order valence-corrected chi connectivity index (χ2v) is 12.3. The van der Waals surface area contributed by atoms with Crippen LogP contribution in [0.25, 0.3) is 0 Å². The fourth-order valence-electron chi connectivity index (χ4n) is 5.36. The minimum atomic E-state index is -2.99. The van der Waals surface area contributed by atoms with E-state index in [1.807, 2.05) is 12.1 Å². The first kappa shape index (κ1) is 29.6. The van der Waals surface area contributed by atoms with Crippen molar-refractivity contribution in [1.82, 2.24) is 15.1 Å². The number of nitrogens with one attached hydrogen (secondary N) is 1. The number of carbonyl (C=O) groups excluding carboxylic acids is 3. The Labute approximate surface area is 244 Å². The molecule has 2 aromatic carbocycles. The number of carbonyl (C=O) groups is 3. The number of ether oxygens (including phenoxy) is 3. The van der Waals surface area contributed by atoms with Crippen molar-refractivity contribution in [2.24, 2.45) is 5.92 Å². The van der Waals surface area contributed by atoms with Crippen molar-refractivity contribution in [1.29, 1.82) is 0 Å². The predicted octanol–water partition coefficient (Wildman–Crippen LogP) is 5.07. The highest BCUT2D eigenvalue weighted by atomic mass is 19.3. The molecule has 0 bridgehead atoms. The molecule has 0 spiro atoms. The summed E-state index contributed by atoms with van der Waals surface area (Å²) in [7, 11) is 1.74. The van der Waals surface area contributed by atoms with Gasteiger partial charge in [0.25, 0.3) is 5.91 Å². The zero-order valence-electron chi connectivity index (χ0n) is 24.3. The van der Waals surface area contributed by atoms with Crippen molar-refractivity contribution in [3.63, 3.8) is 0 Å². The SMILES string of the molecule is CN1Cc2cc(CNC(=O)[C@H]3CC(c4ccc(OC(F)F)c(OCC5CC5)c4)CN3C(=O)OC(C)(C)C)ccc2C1=O. The van der Waals surface area contributed by atoms with Crippen LogP contribution in [0.15, 0.2) is 36.4 Å². The Balaban J connectivity index is 1.33. The van der Waals surface area contributed by atoms with E-state index in [4.69, 9.17) is 9.47 Å². The fourth-order valence-corrected chi connectivity index (χ4v) is 5.36. The maximum Gasteiger partial charge on any atom is 0.410 e. The van der Waals surface area contributed by atoms with Crippen LogP contribution in [0.4, 0.5) is 13.6 Å². The first-order valence-corrected chi connectivity index (χ1v) is 14.2. The number of nitrogens with zero attached hydrogens (tertiary/aromatic N) is 2. The van der Waals surface area contributed by atoms with E-state index < -0.39 is 24.3 Å². The molecule has 1 unspecified atom stereocenters. The van der Waals surface area contributed by atoms with E-state index in [9.17, 15) is 23.2 Å². The summed E-state index contributed by atoms with van der Waals surface area (Å²) < 4.78 is 42.2. The Bertz CT molecular complexity index is 1360. The maximum atomic E-state index is 13.5. The van der Waals surface area contributed by atoms with Crippen molar-refractivity contribution in [3.05, 3.63) is 58.7 Å². The summed E-state index contributed by atoms with van der Waals surface area (Å²) in [4.78, 5) is 42.0. The van der Waals surface area contributed by atoms with E-state index >= 15 is 0 Å². The monoisotopic (exact) mass is 585 g/mol. The van der Waals surface area contributed by atoms with Gasteiger partial charge in [0, 0.05) is 38.2 Å². The molecule has 3 aliphatic rings. The molecule has 1 aliphatic carbocycles. The number of hydrogen-bond donors (Lipinski definition) is 1. The summed E-state index contributed by atoms with van der Waals surface area (Å²) in [6.45, 7) is 3.64. The minimum Gasteiger partial charge on any atom is -0.489 e. The molecular formula is C31H37F2N3O6. The molecule has 0 aromatic heterocycles. The normalized spacial score (nSPS) is 20.1. The third-order valence-electron chi connectivity index (χ3n) is 7.68. The fraction of sp³-hybridized carbons (Fsp3) is 0.516. The molecule has 1 saturated heterocycles. The number of fused-ring (bicyclic) bond motifs is 1. The lowest BCUT2D eigenvalue weighted by Gasteiger charge is -2.28. The highest BCUT2D eigenvalue weighted by Crippen LogP contribution is 2.39. The Kier molecular flexibility index (Phi) is 8.30. The van der Waals surface area contributed by atoms with Crippen molar-refractivity contribution in [2.75, 3.05) is 20.2 Å². The van der Waals surface area contributed by atoms with Crippen LogP contribution in [0, 0.1) is 5.92 Å². The summed E-state index contributed by atoms with van der Waals surface area (Å²) in [6, 6.07) is 9.47. The van der Waals surface area contributed by atoms with Crippen LogP contribution in [-0.2, 0) is 22.6 Å². The molecule has 11 heteroatoms. The first-order valence-electron chi connectivity index (χ1n) is 14.2. The largest absolute Gasteiger partial charge is 0.489 e. The third-order valence-corrected chi connectivity index (χ3v) is 7.68. The summed E-state index contributed by atoms with van der Waals surface area (Å²) >= 11 is 0. The van der Waals surface area contributed by atoms with Gasteiger partial charge in [-0.15, -0.1) is 0 Å². The lowest BCUT2D eigenvalue weighted by atomic mass is 9.95. The van der Waals surface area contributed by atoms with Gasteiger partial charge < -0.3 is 24.4 Å². The van der Waals surface area contributed by atoms with E-state index in [-0.39, 0.29) is 42.3 Å². The number of amides is 3. The molecule has 42 heavy (non-hydrogen) atoms. The van der Waals surface area contributed by atoms with Crippen LogP contribution in [0.3, 0.4) is 0 Å². The number of alkyl halides is 2. The molecule has 9 nitrogen and oxygen atoms in total. The number of rotatable bonds is 9. The Morgan fingerprint density at radius 3 is 2.55 bits per heavy atom. The zero-order chi connectivity index (χ0) is 30.2.